The van der Waals surface area contributed by atoms with E-state index in [2.05, 4.69) is 34.9 Å². The lowest BCUT2D eigenvalue weighted by molar-refractivity contribution is 0.598. The molecule has 0 amide bonds. The smallest absolute Gasteiger partial charge is 0.0952 e. The second kappa shape index (κ2) is 3.53. The highest BCUT2D eigenvalue weighted by molar-refractivity contribution is 4.96. The summed E-state index contributed by atoms with van der Waals surface area (Å²) in [4.78, 5) is 4.23. The fourth-order valence-corrected chi connectivity index (χ4v) is 0.934. The monoisotopic (exact) mass is 153 g/mol. The fourth-order valence-electron chi connectivity index (χ4n) is 0.934. The highest BCUT2D eigenvalue weighted by Crippen LogP contribution is 2.04. The van der Waals surface area contributed by atoms with Crippen molar-refractivity contribution in [1.82, 2.24) is 14.9 Å². The molecule has 0 spiro atoms. The molecular weight excluding hydrogens is 138 g/mol. The predicted octanol–water partition coefficient (Wildman–Crippen LogP) is 1.18. The van der Waals surface area contributed by atoms with Gasteiger partial charge in [-0.15, -0.1) is 0 Å². The number of rotatable bonds is 3. The summed E-state index contributed by atoms with van der Waals surface area (Å²) >= 11 is 0. The van der Waals surface area contributed by atoms with E-state index >= 15 is 0 Å². The second-order valence-corrected chi connectivity index (χ2v) is 2.94. The molecule has 1 aromatic rings. The van der Waals surface area contributed by atoms with Crippen LogP contribution < -0.4 is 5.32 Å². The minimum atomic E-state index is 0.508. The quantitative estimate of drug-likeness (QED) is 0.706. The zero-order valence-corrected chi connectivity index (χ0v) is 7.33. The zero-order chi connectivity index (χ0) is 8.27. The van der Waals surface area contributed by atoms with Crippen LogP contribution in [0.15, 0.2) is 12.5 Å². The first-order valence-electron chi connectivity index (χ1n) is 3.91. The van der Waals surface area contributed by atoms with Gasteiger partial charge in [-0.05, 0) is 20.9 Å². The average molecular weight is 153 g/mol. The van der Waals surface area contributed by atoms with Crippen molar-refractivity contribution in [3.05, 3.63) is 18.2 Å². The van der Waals surface area contributed by atoms with Crippen LogP contribution in [-0.2, 0) is 6.54 Å². The minimum Gasteiger partial charge on any atom is -0.335 e. The van der Waals surface area contributed by atoms with Gasteiger partial charge in [0.1, 0.15) is 0 Å². The molecule has 1 heterocycles. The van der Waals surface area contributed by atoms with Gasteiger partial charge in [-0.2, -0.15) is 0 Å². The Kier molecular flexibility index (Phi) is 2.65. The van der Waals surface area contributed by atoms with Crippen LogP contribution in [0, 0.1) is 0 Å². The molecule has 0 saturated carbocycles. The third-order valence-corrected chi connectivity index (χ3v) is 1.61. The molecule has 0 aliphatic rings. The van der Waals surface area contributed by atoms with Gasteiger partial charge < -0.3 is 9.88 Å². The van der Waals surface area contributed by atoms with Gasteiger partial charge in [0, 0.05) is 18.8 Å². The van der Waals surface area contributed by atoms with Crippen LogP contribution in [0.1, 0.15) is 25.6 Å². The fraction of sp³-hybridized carbons (Fsp3) is 0.625. The summed E-state index contributed by atoms with van der Waals surface area (Å²) < 4.78 is 2.10. The maximum absolute atomic E-state index is 4.23. The maximum Gasteiger partial charge on any atom is 0.0952 e. The molecule has 0 fully saturated rings. The Labute approximate surface area is 67.4 Å². The number of hydrogen-bond donors (Lipinski definition) is 1. The Morgan fingerprint density at radius 2 is 2.36 bits per heavy atom. The van der Waals surface area contributed by atoms with E-state index in [0.29, 0.717) is 6.04 Å². The van der Waals surface area contributed by atoms with E-state index in [0.717, 1.165) is 12.2 Å². The van der Waals surface area contributed by atoms with E-state index in [1.807, 2.05) is 13.4 Å². The molecule has 0 bridgehead atoms. The molecule has 1 aromatic heterocycles. The lowest BCUT2D eigenvalue weighted by Crippen LogP contribution is -2.05. The molecule has 0 unspecified atom stereocenters. The largest absolute Gasteiger partial charge is 0.335 e. The molecule has 0 radical (unpaired) electrons. The Balaban J connectivity index is 2.66. The van der Waals surface area contributed by atoms with Gasteiger partial charge in [-0.1, -0.05) is 0 Å². The Morgan fingerprint density at radius 1 is 1.64 bits per heavy atom. The summed E-state index contributed by atoms with van der Waals surface area (Å²) in [6.45, 7) is 5.13. The molecule has 1 rings (SSSR count). The predicted molar refractivity (Wildman–Crippen MR) is 45.4 cm³/mol. The van der Waals surface area contributed by atoms with Gasteiger partial charge in [0.25, 0.3) is 0 Å². The number of aromatic nitrogens is 2. The second-order valence-electron chi connectivity index (χ2n) is 2.94. The first-order chi connectivity index (χ1) is 5.24. The maximum atomic E-state index is 4.23. The van der Waals surface area contributed by atoms with Crippen molar-refractivity contribution in [3.63, 3.8) is 0 Å². The van der Waals surface area contributed by atoms with Gasteiger partial charge in [0.15, 0.2) is 0 Å². The summed E-state index contributed by atoms with van der Waals surface area (Å²) in [7, 11) is 1.92. The molecule has 11 heavy (non-hydrogen) atoms. The van der Waals surface area contributed by atoms with Gasteiger partial charge in [-0.3, -0.25) is 0 Å². The van der Waals surface area contributed by atoms with Crippen molar-refractivity contribution >= 4 is 0 Å². The third-order valence-electron chi connectivity index (χ3n) is 1.61. The number of nitrogens with one attached hydrogen (secondary N) is 1. The number of imidazole rings is 1. The van der Waals surface area contributed by atoms with Crippen molar-refractivity contribution in [2.45, 2.75) is 26.4 Å². The van der Waals surface area contributed by atoms with Crippen LogP contribution >= 0.6 is 0 Å². The highest BCUT2D eigenvalue weighted by Gasteiger charge is 1.99. The van der Waals surface area contributed by atoms with Crippen LogP contribution in [0.5, 0.6) is 0 Å². The van der Waals surface area contributed by atoms with Crippen LogP contribution in [0.25, 0.3) is 0 Å². The van der Waals surface area contributed by atoms with Gasteiger partial charge in [0.2, 0.25) is 0 Å². The molecule has 3 nitrogen and oxygen atoms in total. The summed E-state index contributed by atoms with van der Waals surface area (Å²) in [5, 5.41) is 3.06. The number of nitrogens with zero attached hydrogens (tertiary/aromatic N) is 2. The molecule has 1 N–H and O–H groups in total. The topological polar surface area (TPSA) is 29.9 Å². The van der Waals surface area contributed by atoms with E-state index in [4.69, 9.17) is 0 Å². The highest BCUT2D eigenvalue weighted by atomic mass is 15.1. The van der Waals surface area contributed by atoms with Crippen molar-refractivity contribution in [3.8, 4) is 0 Å². The molecule has 0 atom stereocenters. The Hall–Kier alpha value is -0.830. The Morgan fingerprint density at radius 3 is 2.82 bits per heavy atom. The van der Waals surface area contributed by atoms with E-state index in [-0.39, 0.29) is 0 Å². The Bertz CT molecular complexity index is 215. The van der Waals surface area contributed by atoms with Crippen molar-refractivity contribution in [2.24, 2.45) is 0 Å². The van der Waals surface area contributed by atoms with Crippen LogP contribution in [0.3, 0.4) is 0 Å². The lowest BCUT2D eigenvalue weighted by Gasteiger charge is -2.03. The van der Waals surface area contributed by atoms with E-state index < -0.39 is 0 Å². The molecule has 0 aliphatic carbocycles. The van der Waals surface area contributed by atoms with Crippen LogP contribution in [0.4, 0.5) is 0 Å². The van der Waals surface area contributed by atoms with E-state index in [1.165, 1.54) is 0 Å². The van der Waals surface area contributed by atoms with Crippen molar-refractivity contribution in [2.75, 3.05) is 7.05 Å². The lowest BCUT2D eigenvalue weighted by atomic mass is 10.4. The summed E-state index contributed by atoms with van der Waals surface area (Å²) in [6, 6.07) is 0.508. The van der Waals surface area contributed by atoms with Crippen LogP contribution in [0.2, 0.25) is 0 Å². The van der Waals surface area contributed by atoms with E-state index in [9.17, 15) is 0 Å². The number of hydrogen-bond acceptors (Lipinski definition) is 2. The SMILES string of the molecule is CNCc1cn(C(C)C)cn1. The summed E-state index contributed by atoms with van der Waals surface area (Å²) in [5.74, 6) is 0. The first kappa shape index (κ1) is 8.27. The summed E-state index contributed by atoms with van der Waals surface area (Å²) in [5.41, 5.74) is 1.10. The van der Waals surface area contributed by atoms with E-state index in [1.54, 1.807) is 0 Å². The molecule has 0 aliphatic heterocycles. The van der Waals surface area contributed by atoms with Crippen molar-refractivity contribution in [1.29, 1.82) is 0 Å². The molecular formula is C8H15N3. The van der Waals surface area contributed by atoms with Crippen LogP contribution in [-0.4, -0.2) is 16.6 Å². The standard InChI is InChI=1S/C8H15N3/c1-7(2)11-5-8(4-9-3)10-6-11/h5-7,9H,4H2,1-3H3. The van der Waals surface area contributed by atoms with Gasteiger partial charge in [0.05, 0.1) is 12.0 Å². The third kappa shape index (κ3) is 2.05. The molecule has 3 heteroatoms. The normalized spacial score (nSPS) is 10.9. The zero-order valence-electron chi connectivity index (χ0n) is 7.33. The van der Waals surface area contributed by atoms with Gasteiger partial charge >= 0.3 is 0 Å². The molecule has 0 aromatic carbocycles. The molecule has 62 valence electrons. The minimum absolute atomic E-state index is 0.508. The summed E-state index contributed by atoms with van der Waals surface area (Å²) in [6.07, 6.45) is 3.94. The average Bonchev–Trinajstić information content (AvgIpc) is 2.37. The first-order valence-corrected chi connectivity index (χ1v) is 3.91. The molecule has 0 saturated heterocycles. The van der Waals surface area contributed by atoms with Crippen molar-refractivity contribution < 1.29 is 0 Å². The van der Waals surface area contributed by atoms with Gasteiger partial charge in [-0.25, -0.2) is 4.98 Å².